The molecule has 112 valence electrons. The van der Waals surface area contributed by atoms with E-state index in [9.17, 15) is 0 Å². The third-order valence-corrected chi connectivity index (χ3v) is 2.35. The van der Waals surface area contributed by atoms with Gasteiger partial charge in [-0.25, -0.2) is 9.98 Å². The lowest BCUT2D eigenvalue weighted by atomic mass is 10.2. The zero-order valence-corrected chi connectivity index (χ0v) is 13.6. The number of hydrogen-bond donors (Lipinski definition) is 0. The van der Waals surface area contributed by atoms with Gasteiger partial charge in [0.05, 0.1) is 19.1 Å². The van der Waals surface area contributed by atoms with Crippen molar-refractivity contribution in [2.75, 3.05) is 0 Å². The molecule has 0 aliphatic carbocycles. The fourth-order valence-electron chi connectivity index (χ4n) is 1.47. The first-order chi connectivity index (χ1) is 10.4. The van der Waals surface area contributed by atoms with Gasteiger partial charge in [0.1, 0.15) is 0 Å². The maximum absolute atomic E-state index is 4.14. The van der Waals surface area contributed by atoms with E-state index in [1.54, 1.807) is 0 Å². The van der Waals surface area contributed by atoms with E-state index in [1.165, 1.54) is 11.1 Å². The van der Waals surface area contributed by atoms with Crippen LogP contribution in [0.3, 0.4) is 0 Å². The molecule has 0 amide bonds. The Kier molecular flexibility index (Phi) is 12.8. The normalized spacial score (nSPS) is 8.19. The maximum atomic E-state index is 4.14. The summed E-state index contributed by atoms with van der Waals surface area (Å²) >= 11 is 0. The Balaban J connectivity index is 0.000000921. The maximum Gasteiger partial charge on any atom is 0.0899 e. The molecule has 2 aromatic rings. The SMILES string of the molecule is C(=NCc1ccccc1)=NCc1ccccc1.CC.CC. The van der Waals surface area contributed by atoms with E-state index in [2.05, 4.69) is 16.0 Å². The van der Waals surface area contributed by atoms with Crippen LogP contribution < -0.4 is 0 Å². The molecule has 0 saturated carbocycles. The van der Waals surface area contributed by atoms with Crippen LogP contribution in [0.2, 0.25) is 0 Å². The van der Waals surface area contributed by atoms with E-state index in [4.69, 9.17) is 0 Å². The topological polar surface area (TPSA) is 24.7 Å². The minimum atomic E-state index is 0.638. The van der Waals surface area contributed by atoms with E-state index in [0.717, 1.165) is 0 Å². The Morgan fingerprint density at radius 1 is 0.619 bits per heavy atom. The van der Waals surface area contributed by atoms with Crippen molar-refractivity contribution >= 4 is 6.01 Å². The molecule has 0 unspecified atom stereocenters. The molecule has 21 heavy (non-hydrogen) atoms. The van der Waals surface area contributed by atoms with Crippen molar-refractivity contribution in [3.63, 3.8) is 0 Å². The minimum Gasteiger partial charge on any atom is -0.221 e. The second kappa shape index (κ2) is 14.2. The zero-order valence-electron chi connectivity index (χ0n) is 13.6. The largest absolute Gasteiger partial charge is 0.221 e. The quantitative estimate of drug-likeness (QED) is 0.651. The number of aliphatic imine (C=N–C) groups is 2. The highest BCUT2D eigenvalue weighted by atomic mass is 14.8. The molecule has 2 aromatic carbocycles. The van der Waals surface area contributed by atoms with Gasteiger partial charge < -0.3 is 0 Å². The fraction of sp³-hybridized carbons (Fsp3) is 0.316. The number of rotatable bonds is 4. The van der Waals surface area contributed by atoms with Crippen molar-refractivity contribution in [1.82, 2.24) is 0 Å². The molecule has 2 rings (SSSR count). The van der Waals surface area contributed by atoms with E-state index in [1.807, 2.05) is 88.4 Å². The van der Waals surface area contributed by atoms with Crippen LogP contribution in [-0.2, 0) is 13.1 Å². The first kappa shape index (κ1) is 18.8. The predicted octanol–water partition coefficient (Wildman–Crippen LogP) is 5.61. The van der Waals surface area contributed by atoms with Gasteiger partial charge in [-0.3, -0.25) is 0 Å². The van der Waals surface area contributed by atoms with E-state index in [-0.39, 0.29) is 0 Å². The van der Waals surface area contributed by atoms with Gasteiger partial charge in [0.15, 0.2) is 0 Å². The van der Waals surface area contributed by atoms with Crippen LogP contribution in [-0.4, -0.2) is 6.01 Å². The zero-order chi connectivity index (χ0) is 15.8. The van der Waals surface area contributed by atoms with Gasteiger partial charge in [0.2, 0.25) is 0 Å². The van der Waals surface area contributed by atoms with Crippen LogP contribution in [0.25, 0.3) is 0 Å². The summed E-state index contributed by atoms with van der Waals surface area (Å²) in [5.41, 5.74) is 2.35. The fourth-order valence-corrected chi connectivity index (χ4v) is 1.47. The Bertz CT molecular complexity index is 452. The van der Waals surface area contributed by atoms with Crippen LogP contribution >= 0.6 is 0 Å². The third kappa shape index (κ3) is 9.37. The van der Waals surface area contributed by atoms with Crippen molar-refractivity contribution < 1.29 is 0 Å². The van der Waals surface area contributed by atoms with E-state index < -0.39 is 0 Å². The number of nitrogens with zero attached hydrogens (tertiary/aromatic N) is 2. The highest BCUT2D eigenvalue weighted by Crippen LogP contribution is 2.00. The molecule has 0 aliphatic rings. The van der Waals surface area contributed by atoms with Gasteiger partial charge in [0, 0.05) is 0 Å². The second-order valence-electron chi connectivity index (χ2n) is 3.70. The van der Waals surface area contributed by atoms with E-state index >= 15 is 0 Å². The van der Waals surface area contributed by atoms with Gasteiger partial charge >= 0.3 is 0 Å². The van der Waals surface area contributed by atoms with Crippen LogP contribution in [0.5, 0.6) is 0 Å². The van der Waals surface area contributed by atoms with Gasteiger partial charge in [0.25, 0.3) is 0 Å². The molecule has 0 atom stereocenters. The molecule has 2 nitrogen and oxygen atoms in total. The van der Waals surface area contributed by atoms with Crippen molar-refractivity contribution in [2.45, 2.75) is 40.8 Å². The monoisotopic (exact) mass is 282 g/mol. The molecule has 0 bridgehead atoms. The molecule has 0 spiro atoms. The lowest BCUT2D eigenvalue weighted by molar-refractivity contribution is 1.04. The predicted molar refractivity (Wildman–Crippen MR) is 92.9 cm³/mol. The van der Waals surface area contributed by atoms with Gasteiger partial charge in [-0.15, -0.1) is 0 Å². The molecule has 0 heterocycles. The highest BCUT2D eigenvalue weighted by Gasteiger charge is 1.86. The smallest absolute Gasteiger partial charge is 0.0899 e. The van der Waals surface area contributed by atoms with Crippen LogP contribution in [0.1, 0.15) is 38.8 Å². The average Bonchev–Trinajstić information content (AvgIpc) is 2.60. The summed E-state index contributed by atoms with van der Waals surface area (Å²) in [7, 11) is 0. The van der Waals surface area contributed by atoms with Crippen LogP contribution in [0.4, 0.5) is 0 Å². The third-order valence-electron chi connectivity index (χ3n) is 2.35. The lowest BCUT2D eigenvalue weighted by Crippen LogP contribution is -1.80. The van der Waals surface area contributed by atoms with Gasteiger partial charge in [-0.1, -0.05) is 88.4 Å². The first-order valence-electron chi connectivity index (χ1n) is 7.61. The molecule has 0 fully saturated rings. The Hall–Kier alpha value is -2.18. The molecular formula is C19H26N2. The van der Waals surface area contributed by atoms with Gasteiger partial charge in [-0.2, -0.15) is 0 Å². The summed E-state index contributed by atoms with van der Waals surface area (Å²) in [5, 5.41) is 0. The Labute approximate surface area is 129 Å². The van der Waals surface area contributed by atoms with Crippen LogP contribution in [0, 0.1) is 0 Å². The molecule has 0 aromatic heterocycles. The summed E-state index contributed by atoms with van der Waals surface area (Å²) in [6, 6.07) is 22.9. The Morgan fingerprint density at radius 3 is 1.29 bits per heavy atom. The summed E-state index contributed by atoms with van der Waals surface area (Å²) in [6.07, 6.45) is 0. The minimum absolute atomic E-state index is 0.638. The lowest BCUT2D eigenvalue weighted by Gasteiger charge is -1.92. The van der Waals surface area contributed by atoms with Crippen molar-refractivity contribution in [3.8, 4) is 0 Å². The molecule has 0 aliphatic heterocycles. The molecule has 0 saturated heterocycles. The average molecular weight is 282 g/mol. The molecule has 0 radical (unpaired) electrons. The summed E-state index contributed by atoms with van der Waals surface area (Å²) in [4.78, 5) is 8.28. The second-order valence-corrected chi connectivity index (χ2v) is 3.70. The summed E-state index contributed by atoms with van der Waals surface area (Å²) in [6.45, 7) is 9.28. The number of hydrogen-bond acceptors (Lipinski definition) is 2. The molecule has 0 N–H and O–H groups in total. The summed E-state index contributed by atoms with van der Waals surface area (Å²) in [5.74, 6) is 0. The number of benzene rings is 2. The van der Waals surface area contributed by atoms with E-state index in [0.29, 0.717) is 13.1 Å². The van der Waals surface area contributed by atoms with Crippen molar-refractivity contribution in [3.05, 3.63) is 71.8 Å². The molecular weight excluding hydrogens is 256 g/mol. The Morgan fingerprint density at radius 2 is 0.952 bits per heavy atom. The highest BCUT2D eigenvalue weighted by molar-refractivity contribution is 5.41. The molecule has 2 heteroatoms. The van der Waals surface area contributed by atoms with Crippen molar-refractivity contribution in [1.29, 1.82) is 0 Å². The first-order valence-corrected chi connectivity index (χ1v) is 7.61. The van der Waals surface area contributed by atoms with Crippen molar-refractivity contribution in [2.24, 2.45) is 9.98 Å². The van der Waals surface area contributed by atoms with Crippen LogP contribution in [0.15, 0.2) is 70.6 Å². The standard InChI is InChI=1S/C15H14N2.2C2H6/c1-3-7-14(8-4-1)11-16-13-17-12-15-9-5-2-6-10-15;2*1-2/h1-10H,11-12H2;2*1-2H3. The van der Waals surface area contributed by atoms with Gasteiger partial charge in [-0.05, 0) is 11.1 Å². The summed E-state index contributed by atoms with van der Waals surface area (Å²) < 4.78 is 0.